The Bertz CT molecular complexity index is 242. The number of carbonyl (C=O) groups is 2. The van der Waals surface area contributed by atoms with Crippen molar-refractivity contribution in [3.05, 3.63) is 0 Å². The summed E-state index contributed by atoms with van der Waals surface area (Å²) in [5.41, 5.74) is -0.446. The molecule has 0 aliphatic rings. The average Bonchev–Trinajstić information content (AvgIpc) is 2.11. The van der Waals surface area contributed by atoms with Gasteiger partial charge in [-0.15, -0.1) is 0 Å². The monoisotopic (exact) mass is 228 g/mol. The second-order valence-corrected chi connectivity index (χ2v) is 5.47. The number of hydrogen-bond acceptors (Lipinski definition) is 2. The maximum absolute atomic E-state index is 11.5. The lowest BCUT2D eigenvalue weighted by atomic mass is 9.96. The first kappa shape index (κ1) is 14.9. The molecule has 0 spiro atoms. The molecule has 0 aromatic carbocycles. The topological polar surface area (TPSA) is 58.2 Å². The van der Waals surface area contributed by atoms with Crippen LogP contribution in [0.3, 0.4) is 0 Å². The third kappa shape index (κ3) is 7.26. The molecular formula is C12H24N2O2. The largest absolute Gasteiger partial charge is 0.355 e. The first-order chi connectivity index (χ1) is 7.23. The zero-order valence-corrected chi connectivity index (χ0v) is 11.0. The zero-order chi connectivity index (χ0) is 12.8. The van der Waals surface area contributed by atoms with Crippen molar-refractivity contribution in [3.8, 4) is 0 Å². The van der Waals surface area contributed by atoms with Crippen LogP contribution in [0.25, 0.3) is 0 Å². The SMILES string of the molecule is CC(C)CCNC(=O)CNC(=O)C(C)(C)C. The van der Waals surface area contributed by atoms with Gasteiger partial charge in [0.15, 0.2) is 0 Å². The van der Waals surface area contributed by atoms with Gasteiger partial charge in [-0.3, -0.25) is 9.59 Å². The van der Waals surface area contributed by atoms with Crippen LogP contribution in [0.15, 0.2) is 0 Å². The van der Waals surface area contributed by atoms with E-state index in [2.05, 4.69) is 24.5 Å². The molecule has 94 valence electrons. The summed E-state index contributed by atoms with van der Waals surface area (Å²) in [6, 6.07) is 0. The van der Waals surface area contributed by atoms with Gasteiger partial charge < -0.3 is 10.6 Å². The maximum Gasteiger partial charge on any atom is 0.239 e. The summed E-state index contributed by atoms with van der Waals surface area (Å²) in [4.78, 5) is 22.8. The quantitative estimate of drug-likeness (QED) is 0.745. The molecule has 0 fully saturated rings. The molecule has 0 atom stereocenters. The third-order valence-corrected chi connectivity index (χ3v) is 2.13. The highest BCUT2D eigenvalue weighted by Gasteiger charge is 2.21. The van der Waals surface area contributed by atoms with Gasteiger partial charge in [-0.05, 0) is 12.3 Å². The van der Waals surface area contributed by atoms with Gasteiger partial charge in [-0.25, -0.2) is 0 Å². The van der Waals surface area contributed by atoms with E-state index in [4.69, 9.17) is 0 Å². The molecule has 0 saturated carbocycles. The predicted molar refractivity (Wildman–Crippen MR) is 64.9 cm³/mol. The molecule has 0 bridgehead atoms. The Labute approximate surface area is 98.2 Å². The number of rotatable bonds is 5. The molecule has 0 unspecified atom stereocenters. The summed E-state index contributed by atoms with van der Waals surface area (Å²) in [5, 5.41) is 5.38. The molecule has 0 aliphatic heterocycles. The van der Waals surface area contributed by atoms with Crippen molar-refractivity contribution < 1.29 is 9.59 Å². The van der Waals surface area contributed by atoms with Crippen molar-refractivity contribution in [1.29, 1.82) is 0 Å². The van der Waals surface area contributed by atoms with E-state index in [1.54, 1.807) is 0 Å². The number of hydrogen-bond donors (Lipinski definition) is 2. The van der Waals surface area contributed by atoms with Gasteiger partial charge >= 0.3 is 0 Å². The molecule has 4 nitrogen and oxygen atoms in total. The van der Waals surface area contributed by atoms with Crippen LogP contribution in [0.5, 0.6) is 0 Å². The van der Waals surface area contributed by atoms with Crippen molar-refractivity contribution in [2.24, 2.45) is 11.3 Å². The second-order valence-electron chi connectivity index (χ2n) is 5.47. The predicted octanol–water partition coefficient (Wildman–Crippen LogP) is 1.31. The minimum atomic E-state index is -0.446. The van der Waals surface area contributed by atoms with E-state index in [1.165, 1.54) is 0 Å². The van der Waals surface area contributed by atoms with E-state index in [-0.39, 0.29) is 18.4 Å². The molecule has 16 heavy (non-hydrogen) atoms. The van der Waals surface area contributed by atoms with Crippen molar-refractivity contribution in [2.45, 2.75) is 41.0 Å². The lowest BCUT2D eigenvalue weighted by Gasteiger charge is -2.17. The number of nitrogens with one attached hydrogen (secondary N) is 2. The zero-order valence-electron chi connectivity index (χ0n) is 11.0. The molecule has 2 amide bonds. The van der Waals surface area contributed by atoms with Crippen LogP contribution >= 0.6 is 0 Å². The Morgan fingerprint density at radius 3 is 2.12 bits per heavy atom. The Kier molecular flexibility index (Phi) is 6.08. The van der Waals surface area contributed by atoms with Crippen LogP contribution < -0.4 is 10.6 Å². The summed E-state index contributed by atoms with van der Waals surface area (Å²) in [6.07, 6.45) is 0.957. The highest BCUT2D eigenvalue weighted by Crippen LogP contribution is 2.11. The van der Waals surface area contributed by atoms with Crippen LogP contribution in [0, 0.1) is 11.3 Å². The van der Waals surface area contributed by atoms with E-state index in [0.717, 1.165) is 6.42 Å². The number of carbonyl (C=O) groups excluding carboxylic acids is 2. The Hall–Kier alpha value is -1.06. The third-order valence-electron chi connectivity index (χ3n) is 2.13. The van der Waals surface area contributed by atoms with Gasteiger partial charge in [-0.1, -0.05) is 34.6 Å². The van der Waals surface area contributed by atoms with E-state index in [9.17, 15) is 9.59 Å². The van der Waals surface area contributed by atoms with Gasteiger partial charge in [0.25, 0.3) is 0 Å². The van der Waals surface area contributed by atoms with E-state index in [1.807, 2.05) is 20.8 Å². The maximum atomic E-state index is 11.5. The first-order valence-corrected chi connectivity index (χ1v) is 5.78. The highest BCUT2D eigenvalue weighted by molar-refractivity contribution is 5.87. The minimum Gasteiger partial charge on any atom is -0.355 e. The normalized spacial score (nSPS) is 11.4. The highest BCUT2D eigenvalue weighted by atomic mass is 16.2. The summed E-state index contributed by atoms with van der Waals surface area (Å²) in [7, 11) is 0. The molecule has 2 N–H and O–H groups in total. The Balaban J connectivity index is 3.70. The average molecular weight is 228 g/mol. The van der Waals surface area contributed by atoms with Crippen LogP contribution in [0.4, 0.5) is 0 Å². The second kappa shape index (κ2) is 6.51. The first-order valence-electron chi connectivity index (χ1n) is 5.78. The van der Waals surface area contributed by atoms with Gasteiger partial charge in [0.2, 0.25) is 11.8 Å². The summed E-state index contributed by atoms with van der Waals surface area (Å²) >= 11 is 0. The van der Waals surface area contributed by atoms with Crippen LogP contribution in [0.2, 0.25) is 0 Å². The van der Waals surface area contributed by atoms with E-state index >= 15 is 0 Å². The molecule has 4 heteroatoms. The Morgan fingerprint density at radius 2 is 1.69 bits per heavy atom. The van der Waals surface area contributed by atoms with Crippen molar-refractivity contribution in [1.82, 2.24) is 10.6 Å². The summed E-state index contributed by atoms with van der Waals surface area (Å²) < 4.78 is 0. The fraction of sp³-hybridized carbons (Fsp3) is 0.833. The van der Waals surface area contributed by atoms with Gasteiger partial charge in [0.05, 0.1) is 6.54 Å². The van der Waals surface area contributed by atoms with Crippen molar-refractivity contribution >= 4 is 11.8 Å². The van der Waals surface area contributed by atoms with E-state index in [0.29, 0.717) is 12.5 Å². The van der Waals surface area contributed by atoms with Crippen LogP contribution in [0.1, 0.15) is 41.0 Å². The number of amides is 2. The molecular weight excluding hydrogens is 204 g/mol. The lowest BCUT2D eigenvalue weighted by molar-refractivity contribution is -0.131. The summed E-state index contributed by atoms with van der Waals surface area (Å²) in [5.74, 6) is 0.342. The fourth-order valence-electron chi connectivity index (χ4n) is 0.988. The van der Waals surface area contributed by atoms with Crippen LogP contribution in [-0.2, 0) is 9.59 Å². The lowest BCUT2D eigenvalue weighted by Crippen LogP contribution is -2.42. The molecule has 0 aromatic heterocycles. The van der Waals surface area contributed by atoms with Crippen molar-refractivity contribution in [3.63, 3.8) is 0 Å². The van der Waals surface area contributed by atoms with Crippen LogP contribution in [-0.4, -0.2) is 24.9 Å². The summed E-state index contributed by atoms with van der Waals surface area (Å²) in [6.45, 7) is 10.4. The van der Waals surface area contributed by atoms with Gasteiger partial charge in [0, 0.05) is 12.0 Å². The van der Waals surface area contributed by atoms with Crippen molar-refractivity contribution in [2.75, 3.05) is 13.1 Å². The molecule has 0 aromatic rings. The molecule has 0 radical (unpaired) electrons. The minimum absolute atomic E-state index is 0.0637. The van der Waals surface area contributed by atoms with E-state index < -0.39 is 5.41 Å². The fourth-order valence-corrected chi connectivity index (χ4v) is 0.988. The molecule has 0 saturated heterocycles. The van der Waals surface area contributed by atoms with Gasteiger partial charge in [-0.2, -0.15) is 0 Å². The van der Waals surface area contributed by atoms with Gasteiger partial charge in [0.1, 0.15) is 0 Å². The molecule has 0 rings (SSSR count). The molecule has 0 heterocycles. The standard InChI is InChI=1S/C12H24N2O2/c1-9(2)6-7-13-10(15)8-14-11(16)12(3,4)5/h9H,6-8H2,1-5H3,(H,13,15)(H,14,16). The Morgan fingerprint density at radius 1 is 1.12 bits per heavy atom. The molecule has 0 aliphatic carbocycles. The smallest absolute Gasteiger partial charge is 0.239 e.